The van der Waals surface area contributed by atoms with Crippen LogP contribution in [0.15, 0.2) is 23.1 Å². The summed E-state index contributed by atoms with van der Waals surface area (Å²) in [5.41, 5.74) is 0.318. The fourth-order valence-electron chi connectivity index (χ4n) is 1.84. The molecule has 4 nitrogen and oxygen atoms in total. The largest absolute Gasteiger partial charge is 0.383 e. The molecule has 1 fully saturated rings. The summed E-state index contributed by atoms with van der Waals surface area (Å²) < 4.78 is 35.7. The molecule has 1 aliphatic carbocycles. The van der Waals surface area contributed by atoms with Crippen molar-refractivity contribution in [1.82, 2.24) is 0 Å². The first-order valence-corrected chi connectivity index (χ1v) is 7.57. The van der Waals surface area contributed by atoms with Gasteiger partial charge in [-0.1, -0.05) is 12.8 Å². The number of primary sulfonamides is 1. The van der Waals surface area contributed by atoms with E-state index in [1.807, 2.05) is 0 Å². The average Bonchev–Trinajstić information content (AvgIpc) is 3.08. The van der Waals surface area contributed by atoms with Crippen molar-refractivity contribution in [1.29, 1.82) is 0 Å². The first-order chi connectivity index (χ1) is 8.47. The van der Waals surface area contributed by atoms with Gasteiger partial charge in [0, 0.05) is 6.54 Å². The van der Waals surface area contributed by atoms with Crippen molar-refractivity contribution in [3.8, 4) is 0 Å². The lowest BCUT2D eigenvalue weighted by Crippen LogP contribution is -2.13. The van der Waals surface area contributed by atoms with Gasteiger partial charge >= 0.3 is 0 Å². The molecule has 1 aromatic carbocycles. The number of benzene rings is 1. The van der Waals surface area contributed by atoms with Gasteiger partial charge in [0.15, 0.2) is 0 Å². The zero-order valence-electron chi connectivity index (χ0n) is 10.0. The van der Waals surface area contributed by atoms with E-state index in [0.717, 1.165) is 18.4 Å². The van der Waals surface area contributed by atoms with Crippen LogP contribution in [0.25, 0.3) is 0 Å². The van der Waals surface area contributed by atoms with Gasteiger partial charge in [0.05, 0.1) is 10.6 Å². The van der Waals surface area contributed by atoms with Crippen LogP contribution in [-0.2, 0) is 10.0 Å². The molecule has 0 aromatic heterocycles. The topological polar surface area (TPSA) is 72.2 Å². The molecule has 0 unspecified atom stereocenters. The van der Waals surface area contributed by atoms with Gasteiger partial charge in [-0.3, -0.25) is 0 Å². The van der Waals surface area contributed by atoms with Crippen molar-refractivity contribution in [3.63, 3.8) is 0 Å². The average molecular weight is 272 g/mol. The van der Waals surface area contributed by atoms with Crippen LogP contribution in [0, 0.1) is 11.7 Å². The van der Waals surface area contributed by atoms with E-state index in [0.29, 0.717) is 12.2 Å². The quantitative estimate of drug-likeness (QED) is 0.779. The predicted octanol–water partition coefficient (Wildman–Crippen LogP) is 2.08. The standard InChI is InChI=1S/C12H17FN2O2S/c13-11-8-10(18(14,16)17)5-6-12(11)15-7-1-2-9-3-4-9/h5-6,8-9,15H,1-4,7H2,(H2,14,16,17). The van der Waals surface area contributed by atoms with Crippen LogP contribution in [0.5, 0.6) is 0 Å². The minimum atomic E-state index is -3.84. The van der Waals surface area contributed by atoms with Gasteiger partial charge in [0.25, 0.3) is 0 Å². The highest BCUT2D eigenvalue weighted by atomic mass is 32.2. The SMILES string of the molecule is NS(=O)(=O)c1ccc(NCCCC2CC2)c(F)c1. The molecule has 2 rings (SSSR count). The van der Waals surface area contributed by atoms with E-state index in [-0.39, 0.29) is 4.90 Å². The summed E-state index contributed by atoms with van der Waals surface area (Å²) in [5, 5.41) is 7.89. The number of nitrogens with two attached hydrogens (primary N) is 1. The smallest absolute Gasteiger partial charge is 0.238 e. The van der Waals surface area contributed by atoms with Crippen molar-refractivity contribution in [2.75, 3.05) is 11.9 Å². The van der Waals surface area contributed by atoms with Crippen LogP contribution in [0.3, 0.4) is 0 Å². The highest BCUT2D eigenvalue weighted by Gasteiger charge is 2.20. The molecule has 1 aromatic rings. The van der Waals surface area contributed by atoms with Crippen LogP contribution in [0.4, 0.5) is 10.1 Å². The number of rotatable bonds is 6. The lowest BCUT2D eigenvalue weighted by atomic mass is 10.2. The lowest BCUT2D eigenvalue weighted by molar-refractivity contribution is 0.592. The number of sulfonamides is 1. The molecule has 0 aliphatic heterocycles. The van der Waals surface area contributed by atoms with Crippen LogP contribution >= 0.6 is 0 Å². The van der Waals surface area contributed by atoms with E-state index in [4.69, 9.17) is 5.14 Å². The zero-order valence-corrected chi connectivity index (χ0v) is 10.8. The third-order valence-electron chi connectivity index (χ3n) is 3.07. The summed E-state index contributed by atoms with van der Waals surface area (Å²) in [7, 11) is -3.84. The van der Waals surface area contributed by atoms with E-state index in [1.54, 1.807) is 0 Å². The second-order valence-electron chi connectivity index (χ2n) is 4.70. The highest BCUT2D eigenvalue weighted by Crippen LogP contribution is 2.33. The lowest BCUT2D eigenvalue weighted by Gasteiger charge is -2.08. The Bertz CT molecular complexity index is 527. The predicted molar refractivity (Wildman–Crippen MR) is 68.2 cm³/mol. The van der Waals surface area contributed by atoms with E-state index in [2.05, 4.69) is 5.32 Å². The van der Waals surface area contributed by atoms with Gasteiger partial charge in [0.2, 0.25) is 10.0 Å². The molecule has 0 spiro atoms. The van der Waals surface area contributed by atoms with Gasteiger partial charge in [-0.15, -0.1) is 0 Å². The first-order valence-electron chi connectivity index (χ1n) is 6.03. The summed E-state index contributed by atoms with van der Waals surface area (Å²) in [6.07, 6.45) is 4.81. The maximum absolute atomic E-state index is 13.6. The maximum Gasteiger partial charge on any atom is 0.238 e. The van der Waals surface area contributed by atoms with E-state index in [9.17, 15) is 12.8 Å². The van der Waals surface area contributed by atoms with E-state index < -0.39 is 15.8 Å². The van der Waals surface area contributed by atoms with Gasteiger partial charge in [0.1, 0.15) is 5.82 Å². The third-order valence-corrected chi connectivity index (χ3v) is 3.98. The van der Waals surface area contributed by atoms with Crippen molar-refractivity contribution in [2.45, 2.75) is 30.6 Å². The second kappa shape index (κ2) is 5.24. The summed E-state index contributed by atoms with van der Waals surface area (Å²) in [5.74, 6) is 0.273. The molecular weight excluding hydrogens is 255 g/mol. The van der Waals surface area contributed by atoms with Gasteiger partial charge in [-0.05, 0) is 37.0 Å². The Labute approximate surface area is 106 Å². The summed E-state index contributed by atoms with van der Waals surface area (Å²) in [6, 6.07) is 3.66. The monoisotopic (exact) mass is 272 g/mol. The van der Waals surface area contributed by atoms with Crippen LogP contribution in [-0.4, -0.2) is 15.0 Å². The maximum atomic E-state index is 13.6. The summed E-state index contributed by atoms with van der Waals surface area (Å²) >= 11 is 0. The van der Waals surface area contributed by atoms with E-state index in [1.165, 1.54) is 31.4 Å². The van der Waals surface area contributed by atoms with Gasteiger partial charge < -0.3 is 5.32 Å². The number of hydrogen-bond donors (Lipinski definition) is 2. The molecule has 0 heterocycles. The van der Waals surface area contributed by atoms with Crippen molar-refractivity contribution < 1.29 is 12.8 Å². The molecular formula is C12H17FN2O2S. The highest BCUT2D eigenvalue weighted by molar-refractivity contribution is 7.89. The minimum absolute atomic E-state index is 0.205. The summed E-state index contributed by atoms with van der Waals surface area (Å²) in [6.45, 7) is 0.697. The molecule has 100 valence electrons. The Kier molecular flexibility index (Phi) is 3.87. The number of anilines is 1. The molecule has 6 heteroatoms. The molecule has 18 heavy (non-hydrogen) atoms. The van der Waals surface area contributed by atoms with Crippen molar-refractivity contribution >= 4 is 15.7 Å². The minimum Gasteiger partial charge on any atom is -0.383 e. The second-order valence-corrected chi connectivity index (χ2v) is 6.26. The Morgan fingerprint density at radius 2 is 2.11 bits per heavy atom. The van der Waals surface area contributed by atoms with Crippen LogP contribution in [0.1, 0.15) is 25.7 Å². The summed E-state index contributed by atoms with van der Waals surface area (Å²) in [4.78, 5) is -0.205. The van der Waals surface area contributed by atoms with Crippen molar-refractivity contribution in [2.24, 2.45) is 11.1 Å². The molecule has 0 saturated heterocycles. The Balaban J connectivity index is 1.92. The molecule has 3 N–H and O–H groups in total. The van der Waals surface area contributed by atoms with Crippen LogP contribution < -0.4 is 10.5 Å². The molecule has 0 radical (unpaired) electrons. The van der Waals surface area contributed by atoms with Gasteiger partial charge in [-0.2, -0.15) is 0 Å². The zero-order chi connectivity index (χ0) is 13.2. The van der Waals surface area contributed by atoms with Crippen molar-refractivity contribution in [3.05, 3.63) is 24.0 Å². The number of hydrogen-bond acceptors (Lipinski definition) is 3. The molecule has 0 atom stereocenters. The molecule has 1 saturated carbocycles. The number of halogens is 1. The molecule has 1 aliphatic rings. The molecule has 0 amide bonds. The van der Waals surface area contributed by atoms with Gasteiger partial charge in [-0.25, -0.2) is 17.9 Å². The third kappa shape index (κ3) is 3.68. The Morgan fingerprint density at radius 1 is 1.39 bits per heavy atom. The normalized spacial score (nSPS) is 15.7. The fourth-order valence-corrected chi connectivity index (χ4v) is 2.36. The Hall–Kier alpha value is -1.14. The van der Waals surface area contributed by atoms with Crippen LogP contribution in [0.2, 0.25) is 0 Å². The van der Waals surface area contributed by atoms with E-state index >= 15 is 0 Å². The Morgan fingerprint density at radius 3 is 2.67 bits per heavy atom. The first kappa shape index (κ1) is 13.3. The number of nitrogens with one attached hydrogen (secondary N) is 1. The molecule has 0 bridgehead atoms. The fraction of sp³-hybridized carbons (Fsp3) is 0.500.